The highest BCUT2D eigenvalue weighted by Crippen LogP contribution is 2.25. The fraction of sp³-hybridized carbons (Fsp3) is 0.400. The van der Waals surface area contributed by atoms with Gasteiger partial charge in [-0.15, -0.1) is 0 Å². The summed E-state index contributed by atoms with van der Waals surface area (Å²) in [7, 11) is 0. The zero-order valence-corrected chi connectivity index (χ0v) is 8.50. The highest BCUT2D eigenvalue weighted by Gasteiger charge is 2.11. The number of azide groups is 1. The molecule has 0 heterocycles. The minimum Gasteiger partial charge on any atom is -0.493 e. The third kappa shape index (κ3) is 3.16. The Morgan fingerprint density at radius 2 is 2.27 bits per heavy atom. The second-order valence-corrected chi connectivity index (χ2v) is 2.90. The second-order valence-electron chi connectivity index (χ2n) is 2.90. The van der Waals surface area contributed by atoms with E-state index in [0.29, 0.717) is 17.9 Å². The van der Waals surface area contributed by atoms with E-state index in [-0.39, 0.29) is 6.54 Å². The Bertz CT molecular complexity index is 361. The molecule has 0 saturated carbocycles. The first kappa shape index (κ1) is 11.4. The molecule has 0 amide bonds. The molecule has 1 aromatic carbocycles. The minimum atomic E-state index is -0.816. The standard InChI is InChI=1S/C10H13N3O2/c1-2-15-10-6-4-3-5-8(10)9(14)7-12-13-11/h3-6,9,14H,2,7H2,1H3. The van der Waals surface area contributed by atoms with Gasteiger partial charge in [-0.1, -0.05) is 23.3 Å². The fourth-order valence-electron chi connectivity index (χ4n) is 1.25. The topological polar surface area (TPSA) is 78.2 Å². The lowest BCUT2D eigenvalue weighted by molar-refractivity contribution is 0.180. The van der Waals surface area contributed by atoms with Gasteiger partial charge in [0.1, 0.15) is 5.75 Å². The lowest BCUT2D eigenvalue weighted by atomic mass is 10.1. The Labute approximate surface area is 87.9 Å². The highest BCUT2D eigenvalue weighted by atomic mass is 16.5. The maximum absolute atomic E-state index is 9.71. The smallest absolute Gasteiger partial charge is 0.125 e. The molecular weight excluding hydrogens is 194 g/mol. The van der Waals surface area contributed by atoms with E-state index in [0.717, 1.165) is 0 Å². The van der Waals surface area contributed by atoms with Gasteiger partial charge in [-0.2, -0.15) is 0 Å². The number of aliphatic hydroxyl groups is 1. The van der Waals surface area contributed by atoms with Crippen LogP contribution in [0.4, 0.5) is 0 Å². The zero-order valence-electron chi connectivity index (χ0n) is 8.50. The third-order valence-electron chi connectivity index (χ3n) is 1.90. The monoisotopic (exact) mass is 207 g/mol. The van der Waals surface area contributed by atoms with Crippen molar-refractivity contribution in [2.45, 2.75) is 13.0 Å². The molecule has 80 valence electrons. The molecule has 1 N–H and O–H groups in total. The molecule has 0 spiro atoms. The molecule has 15 heavy (non-hydrogen) atoms. The number of nitrogens with zero attached hydrogens (tertiary/aromatic N) is 3. The molecule has 0 saturated heterocycles. The Morgan fingerprint density at radius 3 is 2.93 bits per heavy atom. The van der Waals surface area contributed by atoms with Gasteiger partial charge in [0.15, 0.2) is 0 Å². The summed E-state index contributed by atoms with van der Waals surface area (Å²) in [5.74, 6) is 0.626. The summed E-state index contributed by atoms with van der Waals surface area (Å²) in [6.07, 6.45) is -0.816. The van der Waals surface area contributed by atoms with Crippen LogP contribution in [-0.4, -0.2) is 18.3 Å². The van der Waals surface area contributed by atoms with Gasteiger partial charge >= 0.3 is 0 Å². The molecule has 1 rings (SSSR count). The molecule has 5 nitrogen and oxygen atoms in total. The number of rotatable bonds is 5. The maximum atomic E-state index is 9.71. The Morgan fingerprint density at radius 1 is 1.53 bits per heavy atom. The van der Waals surface area contributed by atoms with E-state index >= 15 is 0 Å². The van der Waals surface area contributed by atoms with Crippen LogP contribution < -0.4 is 4.74 Å². The van der Waals surface area contributed by atoms with Crippen molar-refractivity contribution in [2.24, 2.45) is 5.11 Å². The second kappa shape index (κ2) is 5.90. The summed E-state index contributed by atoms with van der Waals surface area (Å²) in [4.78, 5) is 2.60. The Kier molecular flexibility index (Phi) is 4.47. The van der Waals surface area contributed by atoms with E-state index < -0.39 is 6.10 Å². The number of hydrogen-bond acceptors (Lipinski definition) is 3. The number of ether oxygens (including phenoxy) is 1. The lowest BCUT2D eigenvalue weighted by Crippen LogP contribution is -2.04. The number of benzene rings is 1. The van der Waals surface area contributed by atoms with Crippen LogP contribution in [0.2, 0.25) is 0 Å². The molecule has 0 aliphatic heterocycles. The van der Waals surface area contributed by atoms with E-state index in [4.69, 9.17) is 10.3 Å². The molecule has 5 heteroatoms. The Hall–Kier alpha value is -1.71. The number of hydrogen-bond donors (Lipinski definition) is 1. The summed E-state index contributed by atoms with van der Waals surface area (Å²) in [6.45, 7) is 2.42. The molecule has 0 aromatic heterocycles. The average Bonchev–Trinajstić information content (AvgIpc) is 2.27. The van der Waals surface area contributed by atoms with Gasteiger partial charge in [0.2, 0.25) is 0 Å². The fourth-order valence-corrected chi connectivity index (χ4v) is 1.25. The number of aliphatic hydroxyl groups excluding tert-OH is 1. The van der Waals surface area contributed by atoms with Crippen LogP contribution in [0.1, 0.15) is 18.6 Å². The van der Waals surface area contributed by atoms with E-state index in [1.807, 2.05) is 13.0 Å². The minimum absolute atomic E-state index is 0.0145. The van der Waals surface area contributed by atoms with Crippen LogP contribution in [0.5, 0.6) is 5.75 Å². The van der Waals surface area contributed by atoms with E-state index in [9.17, 15) is 5.11 Å². The van der Waals surface area contributed by atoms with E-state index in [2.05, 4.69) is 10.0 Å². The quantitative estimate of drug-likeness (QED) is 0.457. The van der Waals surface area contributed by atoms with Crippen LogP contribution in [0, 0.1) is 0 Å². The normalized spacial score (nSPS) is 11.6. The van der Waals surface area contributed by atoms with Crippen molar-refractivity contribution in [3.05, 3.63) is 40.3 Å². The zero-order chi connectivity index (χ0) is 11.1. The number of para-hydroxylation sites is 1. The van der Waals surface area contributed by atoms with Crippen LogP contribution in [0.3, 0.4) is 0 Å². The molecule has 0 bridgehead atoms. The Balaban J connectivity index is 2.85. The molecule has 1 atom stereocenters. The largest absolute Gasteiger partial charge is 0.493 e. The lowest BCUT2D eigenvalue weighted by Gasteiger charge is -2.13. The molecule has 0 aliphatic rings. The maximum Gasteiger partial charge on any atom is 0.125 e. The SMILES string of the molecule is CCOc1ccccc1C(O)CN=[N+]=[N-]. The summed E-state index contributed by atoms with van der Waals surface area (Å²) in [6, 6.07) is 7.16. The van der Waals surface area contributed by atoms with Crippen molar-refractivity contribution in [2.75, 3.05) is 13.2 Å². The van der Waals surface area contributed by atoms with Gasteiger partial charge in [-0.3, -0.25) is 0 Å². The average molecular weight is 207 g/mol. The van der Waals surface area contributed by atoms with Gasteiger partial charge in [0.25, 0.3) is 0 Å². The van der Waals surface area contributed by atoms with Crippen molar-refractivity contribution in [3.8, 4) is 5.75 Å². The molecule has 1 unspecified atom stereocenters. The summed E-state index contributed by atoms with van der Waals surface area (Å²) in [5, 5.41) is 13.0. The predicted molar refractivity (Wildman–Crippen MR) is 56.6 cm³/mol. The first-order chi connectivity index (χ1) is 7.29. The van der Waals surface area contributed by atoms with Crippen molar-refractivity contribution < 1.29 is 9.84 Å². The van der Waals surface area contributed by atoms with Crippen LogP contribution in [-0.2, 0) is 0 Å². The van der Waals surface area contributed by atoms with E-state index in [1.54, 1.807) is 18.2 Å². The molecule has 0 radical (unpaired) electrons. The van der Waals surface area contributed by atoms with Gasteiger partial charge in [0, 0.05) is 10.5 Å². The molecular formula is C10H13N3O2. The van der Waals surface area contributed by atoms with Crippen molar-refractivity contribution in [1.29, 1.82) is 0 Å². The van der Waals surface area contributed by atoms with Crippen molar-refractivity contribution in [1.82, 2.24) is 0 Å². The van der Waals surface area contributed by atoms with Crippen LogP contribution in [0.25, 0.3) is 10.4 Å². The van der Waals surface area contributed by atoms with Crippen LogP contribution >= 0.6 is 0 Å². The predicted octanol–water partition coefficient (Wildman–Crippen LogP) is 2.43. The first-order valence-electron chi connectivity index (χ1n) is 4.70. The van der Waals surface area contributed by atoms with Crippen molar-refractivity contribution in [3.63, 3.8) is 0 Å². The summed E-state index contributed by atoms with van der Waals surface area (Å²) < 4.78 is 5.34. The summed E-state index contributed by atoms with van der Waals surface area (Å²) >= 11 is 0. The van der Waals surface area contributed by atoms with Gasteiger partial charge < -0.3 is 9.84 Å². The molecule has 0 fully saturated rings. The van der Waals surface area contributed by atoms with Gasteiger partial charge in [-0.05, 0) is 18.5 Å². The van der Waals surface area contributed by atoms with Gasteiger partial charge in [0.05, 0.1) is 19.3 Å². The molecule has 0 aliphatic carbocycles. The van der Waals surface area contributed by atoms with Gasteiger partial charge in [-0.25, -0.2) is 0 Å². The molecule has 1 aromatic rings. The summed E-state index contributed by atoms with van der Waals surface area (Å²) in [5.41, 5.74) is 8.80. The van der Waals surface area contributed by atoms with Crippen LogP contribution in [0.15, 0.2) is 29.4 Å². The first-order valence-corrected chi connectivity index (χ1v) is 4.70. The highest BCUT2D eigenvalue weighted by molar-refractivity contribution is 5.35. The van der Waals surface area contributed by atoms with E-state index in [1.165, 1.54) is 0 Å². The third-order valence-corrected chi connectivity index (χ3v) is 1.90. The van der Waals surface area contributed by atoms with Crippen molar-refractivity contribution >= 4 is 0 Å².